The number of hydrogen-bond donors (Lipinski definition) is 3. The van der Waals surface area contributed by atoms with Gasteiger partial charge in [0.15, 0.2) is 0 Å². The van der Waals surface area contributed by atoms with E-state index in [2.05, 4.69) is 37.7 Å². The Morgan fingerprint density at radius 3 is 2.79 bits per heavy atom. The second kappa shape index (κ2) is 11.4. The number of nitrogens with zero attached hydrogens (tertiary/aromatic N) is 5. The first-order valence-corrected chi connectivity index (χ1v) is 15.0. The summed E-state index contributed by atoms with van der Waals surface area (Å²) in [7, 11) is 0. The zero-order valence-electron chi connectivity index (χ0n) is 24.0. The first-order chi connectivity index (χ1) is 20.5. The Labute approximate surface area is 245 Å². The van der Waals surface area contributed by atoms with Gasteiger partial charge in [0.05, 0.1) is 30.5 Å². The summed E-state index contributed by atoms with van der Waals surface area (Å²) in [5.74, 6) is 2.11. The summed E-state index contributed by atoms with van der Waals surface area (Å²) in [4.78, 5) is 30.9. The molecule has 2 saturated heterocycles. The van der Waals surface area contributed by atoms with Crippen LogP contribution in [0.1, 0.15) is 35.2 Å². The van der Waals surface area contributed by atoms with Crippen LogP contribution in [-0.2, 0) is 24.2 Å². The zero-order chi connectivity index (χ0) is 28.6. The lowest BCUT2D eigenvalue weighted by atomic mass is 9.81. The number of aromatic nitrogens is 3. The number of fused-ring (bicyclic) bond motifs is 2. The number of benzene rings is 1. The van der Waals surface area contributed by atoms with E-state index in [-0.39, 0.29) is 12.3 Å². The Balaban J connectivity index is 0.989. The Bertz CT molecular complexity index is 1490. The maximum atomic E-state index is 15.1. The fourth-order valence-electron chi connectivity index (χ4n) is 6.54. The molecular formula is C31H37FN8O2. The molecule has 4 aliphatic rings. The number of rotatable bonds is 6. The summed E-state index contributed by atoms with van der Waals surface area (Å²) in [6.45, 7) is 8.65. The van der Waals surface area contributed by atoms with E-state index >= 15 is 4.39 Å². The maximum absolute atomic E-state index is 15.1. The van der Waals surface area contributed by atoms with Crippen LogP contribution in [0.4, 0.5) is 27.4 Å². The lowest BCUT2D eigenvalue weighted by Gasteiger charge is -2.40. The Kier molecular flexibility index (Phi) is 7.27. The van der Waals surface area contributed by atoms with Crippen LogP contribution in [-0.4, -0.2) is 71.6 Å². The molecule has 220 valence electrons. The van der Waals surface area contributed by atoms with Gasteiger partial charge in [-0.3, -0.25) is 4.79 Å². The molecule has 0 bridgehead atoms. The normalized spacial score (nSPS) is 18.8. The summed E-state index contributed by atoms with van der Waals surface area (Å²) in [5, 5.41) is 9.90. The van der Waals surface area contributed by atoms with E-state index in [1.165, 1.54) is 6.07 Å². The van der Waals surface area contributed by atoms with Crippen molar-refractivity contribution < 1.29 is 13.9 Å². The molecule has 1 aromatic carbocycles. The highest BCUT2D eigenvalue weighted by Crippen LogP contribution is 2.36. The molecule has 42 heavy (non-hydrogen) atoms. The minimum absolute atomic E-state index is 0.00459. The molecule has 0 aliphatic carbocycles. The molecule has 0 unspecified atom stereocenters. The highest BCUT2D eigenvalue weighted by Gasteiger charge is 2.31. The number of ether oxygens (including phenoxy) is 1. The number of anilines is 4. The molecule has 2 fully saturated rings. The van der Waals surface area contributed by atoms with Crippen LogP contribution in [0.25, 0.3) is 0 Å². The quantitative estimate of drug-likeness (QED) is 0.410. The smallest absolute Gasteiger partial charge is 0.237 e. The molecule has 4 aliphatic heterocycles. The fourth-order valence-corrected chi connectivity index (χ4v) is 6.54. The van der Waals surface area contributed by atoms with Gasteiger partial charge in [0.2, 0.25) is 17.7 Å². The van der Waals surface area contributed by atoms with E-state index in [1.807, 2.05) is 17.3 Å². The molecule has 0 spiro atoms. The molecule has 3 N–H and O–H groups in total. The third-order valence-corrected chi connectivity index (χ3v) is 9.23. The predicted octanol–water partition coefficient (Wildman–Crippen LogP) is 3.43. The van der Waals surface area contributed by atoms with Crippen molar-refractivity contribution in [3.63, 3.8) is 0 Å². The van der Waals surface area contributed by atoms with Gasteiger partial charge in [-0.2, -0.15) is 0 Å². The van der Waals surface area contributed by atoms with Crippen LogP contribution in [0.5, 0.6) is 5.88 Å². The highest BCUT2D eigenvalue weighted by atomic mass is 19.1. The number of piperidine rings is 1. The van der Waals surface area contributed by atoms with E-state index in [0.29, 0.717) is 42.1 Å². The van der Waals surface area contributed by atoms with Gasteiger partial charge in [-0.25, -0.2) is 19.3 Å². The molecule has 10 nitrogen and oxygen atoms in total. The topological polar surface area (TPSA) is 108 Å². The van der Waals surface area contributed by atoms with Gasteiger partial charge >= 0.3 is 0 Å². The average molecular weight is 573 g/mol. The van der Waals surface area contributed by atoms with Gasteiger partial charge in [0.25, 0.3) is 0 Å². The van der Waals surface area contributed by atoms with Gasteiger partial charge in [0, 0.05) is 43.6 Å². The summed E-state index contributed by atoms with van der Waals surface area (Å²) >= 11 is 0. The first-order valence-electron chi connectivity index (χ1n) is 15.0. The van der Waals surface area contributed by atoms with Crippen LogP contribution < -0.4 is 25.6 Å². The monoisotopic (exact) mass is 572 g/mol. The number of amides is 1. The molecule has 0 atom stereocenters. The Morgan fingerprint density at radius 2 is 2.00 bits per heavy atom. The van der Waals surface area contributed by atoms with Crippen molar-refractivity contribution in [1.82, 2.24) is 25.2 Å². The fraction of sp³-hybridized carbons (Fsp3) is 0.484. The second-order valence-corrected chi connectivity index (χ2v) is 11.8. The van der Waals surface area contributed by atoms with Gasteiger partial charge in [-0.05, 0) is 74.4 Å². The minimum atomic E-state index is -0.402. The molecule has 0 saturated carbocycles. The second-order valence-electron chi connectivity index (χ2n) is 11.8. The number of halogens is 1. The lowest BCUT2D eigenvalue weighted by Crippen LogP contribution is -2.50. The van der Waals surface area contributed by atoms with E-state index in [4.69, 9.17) is 9.72 Å². The molecule has 1 amide bonds. The maximum Gasteiger partial charge on any atom is 0.237 e. The van der Waals surface area contributed by atoms with Crippen molar-refractivity contribution in [2.24, 2.45) is 11.8 Å². The van der Waals surface area contributed by atoms with Crippen LogP contribution in [0.2, 0.25) is 0 Å². The lowest BCUT2D eigenvalue weighted by molar-refractivity contribution is -0.132. The van der Waals surface area contributed by atoms with Crippen molar-refractivity contribution in [1.29, 1.82) is 0 Å². The molecule has 0 radical (unpaired) electrons. The zero-order valence-corrected chi connectivity index (χ0v) is 24.0. The molecule has 2 aromatic heterocycles. The van der Waals surface area contributed by atoms with Gasteiger partial charge in [0.1, 0.15) is 18.1 Å². The minimum Gasteiger partial charge on any atom is -0.474 e. The van der Waals surface area contributed by atoms with Crippen molar-refractivity contribution in [2.45, 2.75) is 39.2 Å². The molecule has 3 aromatic rings. The molecule has 11 heteroatoms. The van der Waals surface area contributed by atoms with Crippen molar-refractivity contribution in [2.75, 3.05) is 61.4 Å². The van der Waals surface area contributed by atoms with E-state index in [1.54, 1.807) is 12.1 Å². The summed E-state index contributed by atoms with van der Waals surface area (Å²) in [6.07, 6.45) is 6.70. The Hall–Kier alpha value is -3.99. The third kappa shape index (κ3) is 5.33. The van der Waals surface area contributed by atoms with Crippen molar-refractivity contribution in [3.05, 3.63) is 58.8 Å². The van der Waals surface area contributed by atoms with Crippen LogP contribution in [0.3, 0.4) is 0 Å². The number of likely N-dealkylation sites (tertiary alicyclic amines) is 1. The van der Waals surface area contributed by atoms with E-state index in [0.717, 1.165) is 92.6 Å². The number of carbonyl (C=O) groups excluding carboxylic acids is 1. The molecular weight excluding hydrogens is 535 g/mol. The Morgan fingerprint density at radius 1 is 1.14 bits per heavy atom. The first kappa shape index (κ1) is 26.9. The SMILES string of the molecule is Cc1c(N2CCc3cnc(Nc4ccc(CC(=O)N5CCC(C6CNC6)CC5)c(F)c4)nc3C2)cnc2c1NCCO2. The predicted molar refractivity (Wildman–Crippen MR) is 159 cm³/mol. The number of nitrogens with one attached hydrogen (secondary N) is 3. The average Bonchev–Trinajstić information content (AvgIpc) is 2.98. The van der Waals surface area contributed by atoms with Crippen molar-refractivity contribution in [3.8, 4) is 5.88 Å². The van der Waals surface area contributed by atoms with Crippen LogP contribution in [0.15, 0.2) is 30.6 Å². The summed E-state index contributed by atoms with van der Waals surface area (Å²) in [6, 6.07) is 4.89. The van der Waals surface area contributed by atoms with Gasteiger partial charge in [-0.15, -0.1) is 0 Å². The number of hydrogen-bond acceptors (Lipinski definition) is 9. The summed E-state index contributed by atoms with van der Waals surface area (Å²) < 4.78 is 20.8. The van der Waals surface area contributed by atoms with E-state index < -0.39 is 5.82 Å². The molecule has 6 heterocycles. The molecule has 7 rings (SSSR count). The van der Waals surface area contributed by atoms with Gasteiger partial charge < -0.3 is 30.5 Å². The standard InChI is InChI=1S/C31H37FN8O2/c1-19-27(17-35-30-29(19)34-7-11-42-30)40-10-6-22-16-36-31(38-26(22)18-40)37-24-3-2-21(25(32)13-24)12-28(41)39-8-4-20(5-9-39)23-14-33-15-23/h2-3,13,16-17,20,23,33-34H,4-12,14-15,18H2,1H3,(H,36,37,38). The van der Waals surface area contributed by atoms with Crippen LogP contribution >= 0.6 is 0 Å². The van der Waals surface area contributed by atoms with Crippen molar-refractivity contribution >= 4 is 28.9 Å². The van der Waals surface area contributed by atoms with E-state index in [9.17, 15) is 4.79 Å². The summed E-state index contributed by atoms with van der Waals surface area (Å²) in [5.41, 5.74) is 6.11. The van der Waals surface area contributed by atoms with Gasteiger partial charge in [-0.1, -0.05) is 6.07 Å². The third-order valence-electron chi connectivity index (χ3n) is 9.23. The number of carbonyl (C=O) groups is 1. The van der Waals surface area contributed by atoms with Crippen LogP contribution in [0, 0.1) is 24.6 Å². The largest absolute Gasteiger partial charge is 0.474 e. The highest BCUT2D eigenvalue weighted by molar-refractivity contribution is 5.79. The number of pyridine rings is 1.